The van der Waals surface area contributed by atoms with Gasteiger partial charge < -0.3 is 9.64 Å². The normalized spacial score (nSPS) is 31.6. The Labute approximate surface area is 134 Å². The fourth-order valence-electron chi connectivity index (χ4n) is 4.10. The lowest BCUT2D eigenvalue weighted by molar-refractivity contribution is -0.140. The van der Waals surface area contributed by atoms with E-state index in [9.17, 15) is 4.79 Å². The number of likely N-dealkylation sites (N-methyl/N-ethyl adjacent to an activating group) is 1. The first-order valence-electron chi connectivity index (χ1n) is 9.11. The van der Waals surface area contributed by atoms with Crippen LogP contribution in [-0.2, 0) is 9.53 Å². The van der Waals surface area contributed by atoms with E-state index in [0.29, 0.717) is 11.8 Å². The summed E-state index contributed by atoms with van der Waals surface area (Å²) in [7, 11) is 0. The number of rotatable bonds is 4. The van der Waals surface area contributed by atoms with Gasteiger partial charge in [-0.3, -0.25) is 14.6 Å². The van der Waals surface area contributed by atoms with Crippen LogP contribution in [0, 0.1) is 5.92 Å². The van der Waals surface area contributed by atoms with Crippen LogP contribution in [0.4, 0.5) is 0 Å². The van der Waals surface area contributed by atoms with Crippen molar-refractivity contribution in [2.24, 2.45) is 5.92 Å². The van der Waals surface area contributed by atoms with Gasteiger partial charge in [-0.15, -0.1) is 0 Å². The Balaban J connectivity index is 1.46. The van der Waals surface area contributed by atoms with Crippen LogP contribution >= 0.6 is 0 Å². The number of likely N-dealkylation sites (tertiary alicyclic amines) is 1. The van der Waals surface area contributed by atoms with Gasteiger partial charge >= 0.3 is 0 Å². The van der Waals surface area contributed by atoms with Crippen LogP contribution in [0.15, 0.2) is 0 Å². The molecule has 2 atom stereocenters. The molecule has 0 aromatic rings. The van der Waals surface area contributed by atoms with Gasteiger partial charge in [-0.2, -0.15) is 0 Å². The second-order valence-electron chi connectivity index (χ2n) is 7.00. The lowest BCUT2D eigenvalue weighted by atomic mass is 10.0. The minimum absolute atomic E-state index is 0.147. The monoisotopic (exact) mass is 309 g/mol. The number of ether oxygens (including phenoxy) is 1. The lowest BCUT2D eigenvalue weighted by Gasteiger charge is -2.41. The van der Waals surface area contributed by atoms with E-state index in [-0.39, 0.29) is 6.04 Å². The Hall–Kier alpha value is -0.650. The molecule has 3 aliphatic rings. The van der Waals surface area contributed by atoms with Crippen LogP contribution in [0.5, 0.6) is 0 Å². The third-order valence-corrected chi connectivity index (χ3v) is 5.53. The smallest absolute Gasteiger partial charge is 0.240 e. The van der Waals surface area contributed by atoms with Crippen LogP contribution in [0.25, 0.3) is 0 Å². The maximum absolute atomic E-state index is 12.8. The summed E-state index contributed by atoms with van der Waals surface area (Å²) < 4.78 is 5.46. The van der Waals surface area contributed by atoms with E-state index in [2.05, 4.69) is 21.6 Å². The Morgan fingerprint density at radius 3 is 2.59 bits per heavy atom. The van der Waals surface area contributed by atoms with Gasteiger partial charge in [-0.05, 0) is 38.3 Å². The molecule has 0 aromatic carbocycles. The molecule has 0 radical (unpaired) electrons. The highest BCUT2D eigenvalue weighted by atomic mass is 16.5. The highest BCUT2D eigenvalue weighted by Crippen LogP contribution is 2.20. The third kappa shape index (κ3) is 3.81. The van der Waals surface area contributed by atoms with Crippen molar-refractivity contribution >= 4 is 5.91 Å². The molecule has 3 fully saturated rings. The topological polar surface area (TPSA) is 36.0 Å². The van der Waals surface area contributed by atoms with Crippen molar-refractivity contribution in [1.82, 2.24) is 14.7 Å². The Morgan fingerprint density at radius 2 is 1.91 bits per heavy atom. The van der Waals surface area contributed by atoms with Crippen molar-refractivity contribution in [3.63, 3.8) is 0 Å². The van der Waals surface area contributed by atoms with Gasteiger partial charge in [0.25, 0.3) is 0 Å². The van der Waals surface area contributed by atoms with Gasteiger partial charge in [0, 0.05) is 39.3 Å². The van der Waals surface area contributed by atoms with E-state index in [1.807, 2.05) is 0 Å². The molecule has 22 heavy (non-hydrogen) atoms. The summed E-state index contributed by atoms with van der Waals surface area (Å²) in [5.41, 5.74) is 0. The highest BCUT2D eigenvalue weighted by Gasteiger charge is 2.32. The van der Waals surface area contributed by atoms with E-state index in [1.165, 1.54) is 19.3 Å². The first kappa shape index (κ1) is 16.2. The minimum Gasteiger partial charge on any atom is -0.381 e. The van der Waals surface area contributed by atoms with Crippen molar-refractivity contribution in [3.8, 4) is 0 Å². The molecule has 126 valence electrons. The third-order valence-electron chi connectivity index (χ3n) is 5.53. The quantitative estimate of drug-likeness (QED) is 0.777. The summed E-state index contributed by atoms with van der Waals surface area (Å²) in [6.07, 6.45) is 4.70. The van der Waals surface area contributed by atoms with Crippen molar-refractivity contribution in [2.45, 2.75) is 38.6 Å². The van der Waals surface area contributed by atoms with Crippen molar-refractivity contribution in [2.75, 3.05) is 59.0 Å². The van der Waals surface area contributed by atoms with Gasteiger partial charge in [0.05, 0.1) is 12.6 Å². The van der Waals surface area contributed by atoms with Gasteiger partial charge in [-0.25, -0.2) is 0 Å². The number of hydrogen-bond donors (Lipinski definition) is 0. The Bertz CT molecular complexity index is 363. The molecule has 0 bridgehead atoms. The Kier molecular flexibility index (Phi) is 5.71. The summed E-state index contributed by atoms with van der Waals surface area (Å²) >= 11 is 0. The predicted octanol–water partition coefficient (Wildman–Crippen LogP) is 1.04. The molecule has 3 saturated heterocycles. The molecule has 0 spiro atoms. The van der Waals surface area contributed by atoms with E-state index in [1.54, 1.807) is 0 Å². The molecule has 0 aliphatic carbocycles. The van der Waals surface area contributed by atoms with Crippen LogP contribution < -0.4 is 0 Å². The second kappa shape index (κ2) is 7.75. The fourth-order valence-corrected chi connectivity index (χ4v) is 4.10. The molecule has 0 N–H and O–H groups in total. The number of piperazine rings is 1. The predicted molar refractivity (Wildman–Crippen MR) is 86.8 cm³/mol. The van der Waals surface area contributed by atoms with E-state index < -0.39 is 0 Å². The van der Waals surface area contributed by atoms with Gasteiger partial charge in [-0.1, -0.05) is 13.3 Å². The molecule has 5 nitrogen and oxygen atoms in total. The Morgan fingerprint density at radius 1 is 1.09 bits per heavy atom. The van der Waals surface area contributed by atoms with Crippen molar-refractivity contribution in [1.29, 1.82) is 0 Å². The van der Waals surface area contributed by atoms with Crippen LogP contribution in [0.1, 0.15) is 32.6 Å². The van der Waals surface area contributed by atoms with Crippen LogP contribution in [0.2, 0.25) is 0 Å². The summed E-state index contributed by atoms with van der Waals surface area (Å²) in [4.78, 5) is 19.8. The van der Waals surface area contributed by atoms with Crippen LogP contribution in [0.3, 0.4) is 0 Å². The molecule has 0 aromatic heterocycles. The number of piperidine rings is 1. The largest absolute Gasteiger partial charge is 0.381 e. The number of carbonyl (C=O) groups excluding carboxylic acids is 1. The molecule has 3 rings (SSSR count). The summed E-state index contributed by atoms with van der Waals surface area (Å²) in [5.74, 6) is 1.08. The van der Waals surface area contributed by atoms with Gasteiger partial charge in [0.2, 0.25) is 5.91 Å². The summed E-state index contributed by atoms with van der Waals surface area (Å²) in [6, 6.07) is 0.147. The van der Waals surface area contributed by atoms with Gasteiger partial charge in [0.1, 0.15) is 0 Å². The average molecular weight is 309 g/mol. The summed E-state index contributed by atoms with van der Waals surface area (Å²) in [6.45, 7) is 11.1. The standard InChI is InChI=1S/C17H31N3O2/c1-2-19-7-4-3-5-16(19)17(21)20-10-8-18(9-11-20)13-15-6-12-22-14-15/h15-16H,2-14H2,1H3. The lowest BCUT2D eigenvalue weighted by Crippen LogP contribution is -2.56. The SMILES string of the molecule is CCN1CCCCC1C(=O)N1CCN(CC2CCOC2)CC1. The number of carbonyl (C=O) groups is 1. The average Bonchev–Trinajstić information content (AvgIpc) is 3.08. The highest BCUT2D eigenvalue weighted by molar-refractivity contribution is 5.82. The number of nitrogens with zero attached hydrogens (tertiary/aromatic N) is 3. The summed E-state index contributed by atoms with van der Waals surface area (Å²) in [5, 5.41) is 0. The zero-order valence-electron chi connectivity index (χ0n) is 14.0. The maximum Gasteiger partial charge on any atom is 0.240 e. The zero-order valence-corrected chi connectivity index (χ0v) is 14.0. The number of amides is 1. The second-order valence-corrected chi connectivity index (χ2v) is 7.00. The number of hydrogen-bond acceptors (Lipinski definition) is 4. The molecular weight excluding hydrogens is 278 g/mol. The maximum atomic E-state index is 12.8. The first-order chi connectivity index (χ1) is 10.8. The van der Waals surface area contributed by atoms with Gasteiger partial charge in [0.15, 0.2) is 0 Å². The van der Waals surface area contributed by atoms with Crippen LogP contribution in [-0.4, -0.2) is 85.7 Å². The molecule has 0 saturated carbocycles. The molecule has 3 heterocycles. The first-order valence-corrected chi connectivity index (χ1v) is 9.11. The van der Waals surface area contributed by atoms with E-state index in [4.69, 9.17) is 4.74 Å². The van der Waals surface area contributed by atoms with E-state index >= 15 is 0 Å². The van der Waals surface area contributed by atoms with Crippen molar-refractivity contribution < 1.29 is 9.53 Å². The minimum atomic E-state index is 0.147. The zero-order chi connectivity index (χ0) is 15.4. The molecule has 3 aliphatic heterocycles. The van der Waals surface area contributed by atoms with Crippen molar-refractivity contribution in [3.05, 3.63) is 0 Å². The molecule has 5 heteroatoms. The molecule has 1 amide bonds. The fraction of sp³-hybridized carbons (Fsp3) is 0.941. The molecular formula is C17H31N3O2. The molecule has 2 unspecified atom stereocenters. The van der Waals surface area contributed by atoms with E-state index in [0.717, 1.165) is 65.4 Å².